The van der Waals surface area contributed by atoms with Crippen molar-refractivity contribution in [1.82, 2.24) is 10.9 Å². The zero-order valence-electron chi connectivity index (χ0n) is 10.7. The minimum absolute atomic E-state index is 0.0224. The predicted octanol–water partition coefficient (Wildman–Crippen LogP) is 1.34. The van der Waals surface area contributed by atoms with Gasteiger partial charge in [0, 0.05) is 11.6 Å². The Balaban J connectivity index is 2.32. The summed E-state index contributed by atoms with van der Waals surface area (Å²) >= 11 is 0. The Bertz CT molecular complexity index is 413. The minimum atomic E-state index is -0.251. The molecule has 0 amide bonds. The molecule has 0 radical (unpaired) electrons. The number of methoxy groups -OCH3 is 1. The van der Waals surface area contributed by atoms with E-state index in [1.807, 2.05) is 0 Å². The first-order valence-electron chi connectivity index (χ1n) is 6.22. The molecule has 1 saturated heterocycles. The quantitative estimate of drug-likeness (QED) is 0.758. The highest BCUT2D eigenvalue weighted by molar-refractivity contribution is 5.37. The predicted molar refractivity (Wildman–Crippen MR) is 68.6 cm³/mol. The van der Waals surface area contributed by atoms with Crippen LogP contribution in [0.1, 0.15) is 24.9 Å². The van der Waals surface area contributed by atoms with Crippen molar-refractivity contribution in [2.24, 2.45) is 11.7 Å². The van der Waals surface area contributed by atoms with Crippen molar-refractivity contribution in [2.75, 3.05) is 13.7 Å². The van der Waals surface area contributed by atoms with E-state index in [0.29, 0.717) is 24.3 Å². The van der Waals surface area contributed by atoms with Gasteiger partial charge in [-0.2, -0.15) is 0 Å². The van der Waals surface area contributed by atoms with Gasteiger partial charge in [-0.15, -0.1) is 0 Å². The Hall–Kier alpha value is -1.17. The van der Waals surface area contributed by atoms with E-state index in [4.69, 9.17) is 10.5 Å². The van der Waals surface area contributed by atoms with Gasteiger partial charge in [0.25, 0.3) is 0 Å². The van der Waals surface area contributed by atoms with Crippen LogP contribution < -0.4 is 21.3 Å². The van der Waals surface area contributed by atoms with Crippen LogP contribution in [0.25, 0.3) is 0 Å². The van der Waals surface area contributed by atoms with E-state index in [9.17, 15) is 4.39 Å². The molecule has 2 rings (SSSR count). The van der Waals surface area contributed by atoms with E-state index in [2.05, 4.69) is 17.8 Å². The van der Waals surface area contributed by atoms with Gasteiger partial charge >= 0.3 is 0 Å². The van der Waals surface area contributed by atoms with Crippen molar-refractivity contribution < 1.29 is 9.13 Å². The van der Waals surface area contributed by atoms with Crippen molar-refractivity contribution in [3.05, 3.63) is 29.6 Å². The lowest BCUT2D eigenvalue weighted by atomic mass is 9.87. The topological polar surface area (TPSA) is 59.3 Å². The van der Waals surface area contributed by atoms with Gasteiger partial charge in [0.1, 0.15) is 11.6 Å². The molecule has 1 aliphatic heterocycles. The number of nitrogens with one attached hydrogen (secondary N) is 2. The number of hydrogen-bond donors (Lipinski definition) is 3. The lowest BCUT2D eigenvalue weighted by Gasteiger charge is -2.22. The van der Waals surface area contributed by atoms with Crippen molar-refractivity contribution in [3.8, 4) is 5.75 Å². The van der Waals surface area contributed by atoms with Gasteiger partial charge in [-0.1, -0.05) is 0 Å². The van der Waals surface area contributed by atoms with Crippen LogP contribution in [-0.2, 0) is 0 Å². The maximum Gasteiger partial charge on any atom is 0.123 e. The Kier molecular flexibility index (Phi) is 4.16. The first-order chi connectivity index (χ1) is 8.67. The molecule has 4 nitrogen and oxygen atoms in total. The second-order valence-corrected chi connectivity index (χ2v) is 4.68. The standard InChI is InChI=1S/C13H20FN3O/c1-8-10(5-6-15)13(17-16-8)11-7-9(14)3-4-12(11)18-2/h3-4,7-8,10,13,16-17H,5-6,15H2,1-2H3. The second kappa shape index (κ2) is 5.65. The van der Waals surface area contributed by atoms with Gasteiger partial charge in [0.2, 0.25) is 0 Å². The van der Waals surface area contributed by atoms with Crippen LogP contribution in [0.2, 0.25) is 0 Å². The molecule has 0 bridgehead atoms. The Morgan fingerprint density at radius 1 is 1.39 bits per heavy atom. The molecule has 1 aliphatic rings. The Morgan fingerprint density at radius 2 is 2.17 bits per heavy atom. The largest absolute Gasteiger partial charge is 0.496 e. The van der Waals surface area contributed by atoms with Crippen molar-refractivity contribution in [3.63, 3.8) is 0 Å². The molecule has 0 aromatic heterocycles. The van der Waals surface area contributed by atoms with E-state index in [1.54, 1.807) is 13.2 Å². The number of hydrazine groups is 1. The fourth-order valence-corrected chi connectivity index (χ4v) is 2.59. The summed E-state index contributed by atoms with van der Waals surface area (Å²) in [6.07, 6.45) is 0.880. The zero-order chi connectivity index (χ0) is 13.1. The van der Waals surface area contributed by atoms with E-state index in [0.717, 1.165) is 12.0 Å². The second-order valence-electron chi connectivity index (χ2n) is 4.68. The average Bonchev–Trinajstić information content (AvgIpc) is 2.72. The van der Waals surface area contributed by atoms with Crippen LogP contribution in [0.4, 0.5) is 4.39 Å². The van der Waals surface area contributed by atoms with Crippen LogP contribution in [0.5, 0.6) is 5.75 Å². The van der Waals surface area contributed by atoms with Gasteiger partial charge in [0.05, 0.1) is 13.2 Å². The molecule has 5 heteroatoms. The van der Waals surface area contributed by atoms with Crippen LogP contribution in [-0.4, -0.2) is 19.7 Å². The van der Waals surface area contributed by atoms with Gasteiger partial charge in [-0.05, 0) is 44.0 Å². The molecular formula is C13H20FN3O. The molecule has 1 fully saturated rings. The molecule has 3 unspecified atom stereocenters. The number of hydrogen-bond acceptors (Lipinski definition) is 4. The first kappa shape index (κ1) is 13.3. The fourth-order valence-electron chi connectivity index (χ4n) is 2.59. The lowest BCUT2D eigenvalue weighted by Crippen LogP contribution is -2.29. The summed E-state index contributed by atoms with van der Waals surface area (Å²) in [7, 11) is 1.60. The Morgan fingerprint density at radius 3 is 2.83 bits per heavy atom. The van der Waals surface area contributed by atoms with E-state index < -0.39 is 0 Å². The molecule has 1 aromatic carbocycles. The molecule has 100 valence electrons. The Labute approximate surface area is 107 Å². The summed E-state index contributed by atoms with van der Waals surface area (Å²) in [6, 6.07) is 4.92. The van der Waals surface area contributed by atoms with Crippen molar-refractivity contribution >= 4 is 0 Å². The summed E-state index contributed by atoms with van der Waals surface area (Å²) in [6.45, 7) is 2.71. The molecule has 0 saturated carbocycles. The molecule has 1 heterocycles. The molecule has 0 spiro atoms. The summed E-state index contributed by atoms with van der Waals surface area (Å²) in [4.78, 5) is 0. The maximum atomic E-state index is 13.4. The van der Waals surface area contributed by atoms with E-state index in [-0.39, 0.29) is 11.9 Å². The monoisotopic (exact) mass is 253 g/mol. The molecule has 3 atom stereocenters. The van der Waals surface area contributed by atoms with Crippen molar-refractivity contribution in [1.29, 1.82) is 0 Å². The highest BCUT2D eigenvalue weighted by atomic mass is 19.1. The third-order valence-electron chi connectivity index (χ3n) is 3.56. The summed E-state index contributed by atoms with van der Waals surface area (Å²) in [5, 5.41) is 0. The first-order valence-corrected chi connectivity index (χ1v) is 6.22. The van der Waals surface area contributed by atoms with Crippen LogP contribution in [0.3, 0.4) is 0 Å². The van der Waals surface area contributed by atoms with Crippen molar-refractivity contribution in [2.45, 2.75) is 25.4 Å². The number of rotatable bonds is 4. The maximum absolute atomic E-state index is 13.4. The molecule has 18 heavy (non-hydrogen) atoms. The molecular weight excluding hydrogens is 233 g/mol. The SMILES string of the molecule is COc1ccc(F)cc1C1NNC(C)C1CCN. The van der Waals surface area contributed by atoms with Gasteiger partial charge in [-0.25, -0.2) is 9.82 Å². The number of ether oxygens (including phenoxy) is 1. The molecule has 0 aliphatic carbocycles. The van der Waals surface area contributed by atoms with E-state index in [1.165, 1.54) is 12.1 Å². The number of benzene rings is 1. The summed E-state index contributed by atoms with van der Waals surface area (Å²) in [5.74, 6) is 0.774. The molecule has 4 N–H and O–H groups in total. The highest BCUT2D eigenvalue weighted by Gasteiger charge is 2.35. The third kappa shape index (κ3) is 2.48. The summed E-state index contributed by atoms with van der Waals surface area (Å²) < 4.78 is 18.7. The minimum Gasteiger partial charge on any atom is -0.496 e. The molecule has 1 aromatic rings. The van der Waals surface area contributed by atoms with Gasteiger partial charge in [-0.3, -0.25) is 5.43 Å². The van der Waals surface area contributed by atoms with Gasteiger partial charge in [0.15, 0.2) is 0 Å². The lowest BCUT2D eigenvalue weighted by molar-refractivity contribution is 0.373. The van der Waals surface area contributed by atoms with Crippen LogP contribution in [0.15, 0.2) is 18.2 Å². The zero-order valence-corrected chi connectivity index (χ0v) is 10.7. The number of nitrogens with two attached hydrogens (primary N) is 1. The third-order valence-corrected chi connectivity index (χ3v) is 3.56. The van der Waals surface area contributed by atoms with E-state index >= 15 is 0 Å². The summed E-state index contributed by atoms with van der Waals surface area (Å²) in [5.41, 5.74) is 12.9. The fraction of sp³-hybridized carbons (Fsp3) is 0.538. The normalized spacial score (nSPS) is 27.4. The average molecular weight is 253 g/mol. The van der Waals surface area contributed by atoms with Crippen LogP contribution >= 0.6 is 0 Å². The van der Waals surface area contributed by atoms with Crippen LogP contribution in [0, 0.1) is 11.7 Å². The highest BCUT2D eigenvalue weighted by Crippen LogP contribution is 2.36. The smallest absolute Gasteiger partial charge is 0.123 e. The number of halogens is 1. The van der Waals surface area contributed by atoms with Gasteiger partial charge < -0.3 is 10.5 Å².